The van der Waals surface area contributed by atoms with E-state index >= 15 is 0 Å². The summed E-state index contributed by atoms with van der Waals surface area (Å²) in [7, 11) is 5.17. The zero-order chi connectivity index (χ0) is 28.8. The Morgan fingerprint density at radius 3 is 2.27 bits per heavy atom. The zero-order valence-corrected chi connectivity index (χ0v) is 23.2. The number of carbonyl (C=O) groups excluding carboxylic acids is 3. The first-order valence-corrected chi connectivity index (χ1v) is 13.1. The number of rotatable bonds is 10. The fraction of sp³-hybridized carbons (Fsp3) is 0.281. The Morgan fingerprint density at radius 2 is 1.65 bits per heavy atom. The van der Waals surface area contributed by atoms with Crippen LogP contribution in [0.15, 0.2) is 78.4 Å². The van der Waals surface area contributed by atoms with Crippen LogP contribution in [0.25, 0.3) is 5.76 Å². The highest BCUT2D eigenvalue weighted by molar-refractivity contribution is 6.46. The van der Waals surface area contributed by atoms with Crippen molar-refractivity contribution < 1.29 is 29.0 Å². The van der Waals surface area contributed by atoms with E-state index in [0.717, 1.165) is 17.7 Å². The minimum Gasteiger partial charge on any atom is -0.507 e. The van der Waals surface area contributed by atoms with Gasteiger partial charge in [-0.3, -0.25) is 9.59 Å². The van der Waals surface area contributed by atoms with Gasteiger partial charge in [0, 0.05) is 12.1 Å². The molecule has 3 aromatic carbocycles. The molecule has 0 spiro atoms. The number of hydrogen-bond acceptors (Lipinski definition) is 7. The standard InChI is InChI=1S/C32H34N2O6/c1-21-7-5-8-22(19-21)20-40-26-15-13-24(14-16-26)29(35)27-28(23-9-11-25(12-10-23)32(38)39-4)34(31(37)30(27)36)18-6-17-33(2)3/h5,7-16,19,28,35H,6,17-18,20H2,1-4H3/b29-27+/t28-/m1/s1. The predicted octanol–water partition coefficient (Wildman–Crippen LogP) is 4.73. The van der Waals surface area contributed by atoms with Crippen molar-refractivity contribution in [1.82, 2.24) is 9.80 Å². The smallest absolute Gasteiger partial charge is 0.337 e. The fourth-order valence-electron chi connectivity index (χ4n) is 4.77. The number of aliphatic hydroxyl groups excluding tert-OH is 1. The van der Waals surface area contributed by atoms with Gasteiger partial charge in [0.1, 0.15) is 18.1 Å². The van der Waals surface area contributed by atoms with Crippen molar-refractivity contribution in [2.75, 3.05) is 34.3 Å². The SMILES string of the molecule is COC(=O)c1ccc([C@@H]2/C(=C(\O)c3ccc(OCc4cccc(C)c4)cc3)C(=O)C(=O)N2CCCN(C)C)cc1. The molecule has 0 saturated carbocycles. The van der Waals surface area contributed by atoms with E-state index in [0.29, 0.717) is 42.0 Å². The molecule has 8 heteroatoms. The molecule has 0 bridgehead atoms. The molecule has 8 nitrogen and oxygen atoms in total. The first-order valence-electron chi connectivity index (χ1n) is 13.1. The lowest BCUT2D eigenvalue weighted by Crippen LogP contribution is -2.32. The molecular formula is C32H34N2O6. The van der Waals surface area contributed by atoms with E-state index in [1.165, 1.54) is 12.0 Å². The molecule has 4 rings (SSSR count). The van der Waals surface area contributed by atoms with Gasteiger partial charge in [0.2, 0.25) is 0 Å². The number of aryl methyl sites for hydroxylation is 1. The number of methoxy groups -OCH3 is 1. The summed E-state index contributed by atoms with van der Waals surface area (Å²) < 4.78 is 10.7. The summed E-state index contributed by atoms with van der Waals surface area (Å²) >= 11 is 0. The summed E-state index contributed by atoms with van der Waals surface area (Å²) in [4.78, 5) is 41.9. The van der Waals surface area contributed by atoms with Crippen LogP contribution in [-0.2, 0) is 20.9 Å². The van der Waals surface area contributed by atoms with Crippen LogP contribution in [0.4, 0.5) is 0 Å². The number of carbonyl (C=O) groups is 3. The third-order valence-electron chi connectivity index (χ3n) is 6.81. The molecule has 1 heterocycles. The molecule has 0 aromatic heterocycles. The minimum absolute atomic E-state index is 0.00843. The Bertz CT molecular complexity index is 1410. The number of likely N-dealkylation sites (tertiary alicyclic amines) is 1. The van der Waals surface area contributed by atoms with Crippen molar-refractivity contribution >= 4 is 23.4 Å². The van der Waals surface area contributed by atoms with Gasteiger partial charge in [-0.15, -0.1) is 0 Å². The monoisotopic (exact) mass is 542 g/mol. The van der Waals surface area contributed by atoms with Crippen molar-refractivity contribution in [2.24, 2.45) is 0 Å². The van der Waals surface area contributed by atoms with E-state index in [1.807, 2.05) is 44.1 Å². The molecule has 40 heavy (non-hydrogen) atoms. The maximum Gasteiger partial charge on any atom is 0.337 e. The number of ketones is 1. The van der Waals surface area contributed by atoms with Crippen molar-refractivity contribution in [1.29, 1.82) is 0 Å². The molecular weight excluding hydrogens is 508 g/mol. The normalized spacial score (nSPS) is 16.4. The van der Waals surface area contributed by atoms with Crippen LogP contribution < -0.4 is 4.74 Å². The van der Waals surface area contributed by atoms with Gasteiger partial charge in [0.05, 0.1) is 24.3 Å². The Hall–Kier alpha value is -4.43. The highest BCUT2D eigenvalue weighted by Gasteiger charge is 2.45. The average molecular weight is 543 g/mol. The first kappa shape index (κ1) is 28.6. The summed E-state index contributed by atoms with van der Waals surface area (Å²) in [5.74, 6) is -1.56. The second-order valence-electron chi connectivity index (χ2n) is 10.1. The summed E-state index contributed by atoms with van der Waals surface area (Å²) in [6.45, 7) is 3.47. The molecule has 1 aliphatic heterocycles. The van der Waals surface area contributed by atoms with Crippen molar-refractivity contribution in [3.05, 3.63) is 106 Å². The predicted molar refractivity (Wildman–Crippen MR) is 152 cm³/mol. The van der Waals surface area contributed by atoms with Crippen LogP contribution in [0.2, 0.25) is 0 Å². The van der Waals surface area contributed by atoms with Crippen LogP contribution in [0.1, 0.15) is 45.1 Å². The van der Waals surface area contributed by atoms with Crippen molar-refractivity contribution in [2.45, 2.75) is 26.0 Å². The second kappa shape index (κ2) is 12.6. The van der Waals surface area contributed by atoms with E-state index in [1.54, 1.807) is 48.5 Å². The summed E-state index contributed by atoms with van der Waals surface area (Å²) in [5, 5.41) is 11.3. The molecule has 0 aliphatic carbocycles. The number of hydrogen-bond donors (Lipinski definition) is 1. The lowest BCUT2D eigenvalue weighted by molar-refractivity contribution is -0.139. The number of esters is 1. The molecule has 1 fully saturated rings. The Balaban J connectivity index is 1.64. The van der Waals surface area contributed by atoms with Gasteiger partial charge in [0.25, 0.3) is 11.7 Å². The number of amides is 1. The largest absolute Gasteiger partial charge is 0.507 e. The molecule has 3 aromatic rings. The summed E-state index contributed by atoms with van der Waals surface area (Å²) in [6.07, 6.45) is 0.643. The minimum atomic E-state index is -0.800. The van der Waals surface area contributed by atoms with Crippen molar-refractivity contribution in [3.8, 4) is 5.75 Å². The molecule has 0 unspecified atom stereocenters. The van der Waals surface area contributed by atoms with E-state index in [4.69, 9.17) is 9.47 Å². The Labute approximate surface area is 234 Å². The Kier molecular flexibility index (Phi) is 9.01. The molecule has 1 saturated heterocycles. The van der Waals surface area contributed by atoms with Gasteiger partial charge in [-0.25, -0.2) is 4.79 Å². The molecule has 1 amide bonds. The highest BCUT2D eigenvalue weighted by atomic mass is 16.5. The van der Waals surface area contributed by atoms with Gasteiger partial charge < -0.3 is 24.4 Å². The number of benzene rings is 3. The van der Waals surface area contributed by atoms with Crippen molar-refractivity contribution in [3.63, 3.8) is 0 Å². The van der Waals surface area contributed by atoms with Gasteiger partial charge in [-0.2, -0.15) is 0 Å². The third-order valence-corrected chi connectivity index (χ3v) is 6.81. The average Bonchev–Trinajstić information content (AvgIpc) is 3.20. The molecule has 0 radical (unpaired) electrons. The van der Waals surface area contributed by atoms with Crippen LogP contribution in [0.5, 0.6) is 5.75 Å². The van der Waals surface area contributed by atoms with E-state index in [9.17, 15) is 19.5 Å². The van der Waals surface area contributed by atoms with Crippen LogP contribution in [0, 0.1) is 6.92 Å². The molecule has 1 N–H and O–H groups in total. The fourth-order valence-corrected chi connectivity index (χ4v) is 4.77. The number of nitrogens with zero attached hydrogens (tertiary/aromatic N) is 2. The van der Waals surface area contributed by atoms with Crippen LogP contribution in [0.3, 0.4) is 0 Å². The quantitative estimate of drug-likeness (QED) is 0.171. The highest BCUT2D eigenvalue weighted by Crippen LogP contribution is 2.39. The number of aliphatic hydroxyl groups is 1. The molecule has 1 atom stereocenters. The Morgan fingerprint density at radius 1 is 0.975 bits per heavy atom. The van der Waals surface area contributed by atoms with E-state index < -0.39 is 23.7 Å². The van der Waals surface area contributed by atoms with Gasteiger partial charge >= 0.3 is 5.97 Å². The van der Waals surface area contributed by atoms with E-state index in [-0.39, 0.29) is 11.3 Å². The maximum absolute atomic E-state index is 13.3. The summed E-state index contributed by atoms with van der Waals surface area (Å²) in [5.41, 5.74) is 3.54. The number of ether oxygens (including phenoxy) is 2. The zero-order valence-electron chi connectivity index (χ0n) is 23.2. The summed E-state index contributed by atoms with van der Waals surface area (Å²) in [6, 6.07) is 20.5. The van der Waals surface area contributed by atoms with Crippen LogP contribution in [-0.4, -0.2) is 66.9 Å². The number of Topliss-reactive ketones (excluding diaryl/α,β-unsaturated/α-hetero) is 1. The first-order chi connectivity index (χ1) is 19.2. The topological polar surface area (TPSA) is 96.4 Å². The lowest BCUT2D eigenvalue weighted by Gasteiger charge is -2.26. The van der Waals surface area contributed by atoms with Gasteiger partial charge in [0.15, 0.2) is 0 Å². The van der Waals surface area contributed by atoms with E-state index in [2.05, 4.69) is 6.07 Å². The molecule has 208 valence electrons. The third kappa shape index (κ3) is 6.40. The lowest BCUT2D eigenvalue weighted by atomic mass is 9.94. The van der Waals surface area contributed by atoms with Gasteiger partial charge in [-0.05, 0) is 81.5 Å². The maximum atomic E-state index is 13.3. The van der Waals surface area contributed by atoms with Crippen LogP contribution >= 0.6 is 0 Å². The van der Waals surface area contributed by atoms with Gasteiger partial charge in [-0.1, -0.05) is 42.0 Å². The second-order valence-corrected chi connectivity index (χ2v) is 10.1. The molecule has 1 aliphatic rings.